The molecule has 2 heterocycles. The first-order chi connectivity index (χ1) is 20.2. The number of nitrogens with zero attached hydrogens (tertiary/aromatic N) is 1. The fourth-order valence-electron chi connectivity index (χ4n) is 6.34. The Balaban J connectivity index is 1.26. The number of furan rings is 1. The van der Waals surface area contributed by atoms with Gasteiger partial charge >= 0.3 is 0 Å². The fraction of sp³-hybridized carbons (Fsp3) is 0.0541. The van der Waals surface area contributed by atoms with Crippen LogP contribution in [0.15, 0.2) is 125 Å². The van der Waals surface area contributed by atoms with Gasteiger partial charge in [-0.25, -0.2) is 4.99 Å². The monoisotopic (exact) mass is 530 g/mol. The van der Waals surface area contributed by atoms with Gasteiger partial charge < -0.3 is 15.5 Å². The maximum absolute atomic E-state index is 6.62. The molecule has 1 aromatic heterocycles. The third-order valence-electron chi connectivity index (χ3n) is 8.25. The largest absolute Gasteiger partial charge is 0.456 e. The molecule has 0 aliphatic carbocycles. The van der Waals surface area contributed by atoms with Gasteiger partial charge in [-0.15, -0.1) is 0 Å². The molecule has 0 atom stereocenters. The van der Waals surface area contributed by atoms with Crippen LogP contribution in [0.4, 0.5) is 17.1 Å². The molecule has 4 heteroatoms. The number of fused-ring (bicyclic) bond motifs is 5. The molecule has 4 N–H and O–H groups in total. The van der Waals surface area contributed by atoms with Gasteiger partial charge in [-0.2, -0.15) is 0 Å². The van der Waals surface area contributed by atoms with E-state index in [0.717, 1.165) is 68.4 Å². The van der Waals surface area contributed by atoms with Crippen LogP contribution in [0.3, 0.4) is 0 Å². The van der Waals surface area contributed by atoms with Crippen LogP contribution in [0.1, 0.15) is 11.1 Å². The van der Waals surface area contributed by atoms with Crippen LogP contribution in [-0.2, 0) is 6.42 Å². The van der Waals surface area contributed by atoms with Crippen LogP contribution < -0.4 is 11.1 Å². The third-order valence-corrected chi connectivity index (χ3v) is 8.25. The number of hydrogen-bond donors (Lipinski definition) is 2. The summed E-state index contributed by atoms with van der Waals surface area (Å²) in [6, 6.07) is 40.3. The first-order valence-electron chi connectivity index (χ1n) is 14.0. The van der Waals surface area contributed by atoms with Crippen LogP contribution in [0.2, 0.25) is 0 Å². The Morgan fingerprint density at radius 3 is 2.34 bits per heavy atom. The highest BCUT2D eigenvalue weighted by atomic mass is 16.3. The van der Waals surface area contributed by atoms with Gasteiger partial charge in [0.05, 0.1) is 6.21 Å². The fourth-order valence-corrected chi connectivity index (χ4v) is 6.34. The Kier molecular flexibility index (Phi) is 5.47. The van der Waals surface area contributed by atoms with E-state index < -0.39 is 0 Å². The minimum atomic E-state index is 0.788. The first kappa shape index (κ1) is 23.7. The lowest BCUT2D eigenvalue weighted by atomic mass is 9.90. The van der Waals surface area contributed by atoms with Crippen LogP contribution in [0.25, 0.3) is 55.0 Å². The maximum Gasteiger partial charge on any atom is 0.160 e. The zero-order valence-corrected chi connectivity index (χ0v) is 22.5. The smallest absolute Gasteiger partial charge is 0.160 e. The quantitative estimate of drug-likeness (QED) is 0.225. The number of aliphatic imine (C=N–C) groups is 1. The van der Waals surface area contributed by atoms with E-state index in [1.807, 2.05) is 24.4 Å². The number of nitrogen functional groups attached to an aromatic ring is 1. The molecule has 41 heavy (non-hydrogen) atoms. The van der Waals surface area contributed by atoms with Crippen molar-refractivity contribution in [3.8, 4) is 22.3 Å². The van der Waals surface area contributed by atoms with Crippen molar-refractivity contribution in [3.63, 3.8) is 0 Å². The molecule has 0 amide bonds. The van der Waals surface area contributed by atoms with E-state index in [9.17, 15) is 0 Å². The van der Waals surface area contributed by atoms with Crippen LogP contribution in [0, 0.1) is 0 Å². The second kappa shape index (κ2) is 9.47. The van der Waals surface area contributed by atoms with E-state index in [1.54, 1.807) is 0 Å². The summed E-state index contributed by atoms with van der Waals surface area (Å²) < 4.78 is 6.20. The summed E-state index contributed by atoms with van der Waals surface area (Å²) in [5.41, 5.74) is 18.5. The molecular weight excluding hydrogens is 502 g/mol. The molecule has 0 radical (unpaired) electrons. The highest BCUT2D eigenvalue weighted by Crippen LogP contribution is 2.44. The minimum absolute atomic E-state index is 0.788. The van der Waals surface area contributed by atoms with Gasteiger partial charge in [-0.05, 0) is 51.7 Å². The van der Waals surface area contributed by atoms with E-state index in [1.165, 1.54) is 27.8 Å². The summed E-state index contributed by atoms with van der Waals surface area (Å²) in [6.07, 6.45) is 2.79. The molecule has 1 aliphatic heterocycles. The summed E-state index contributed by atoms with van der Waals surface area (Å²) in [5, 5.41) is 6.92. The van der Waals surface area contributed by atoms with Gasteiger partial charge in [-0.1, -0.05) is 91.0 Å². The van der Waals surface area contributed by atoms with Gasteiger partial charge in [0.1, 0.15) is 23.4 Å². The minimum Gasteiger partial charge on any atom is -0.456 e. The maximum atomic E-state index is 6.62. The van der Waals surface area contributed by atoms with E-state index in [0.29, 0.717) is 0 Å². The lowest BCUT2D eigenvalue weighted by Gasteiger charge is -2.18. The molecule has 6 aromatic carbocycles. The van der Waals surface area contributed by atoms with Crippen molar-refractivity contribution in [2.75, 3.05) is 12.3 Å². The van der Waals surface area contributed by atoms with Crippen molar-refractivity contribution in [1.29, 1.82) is 0 Å². The van der Waals surface area contributed by atoms with Gasteiger partial charge in [0.15, 0.2) is 5.69 Å². The van der Waals surface area contributed by atoms with E-state index in [4.69, 9.17) is 15.1 Å². The lowest BCUT2D eigenvalue weighted by molar-refractivity contribution is -0.555. The molecule has 196 valence electrons. The second-order valence-corrected chi connectivity index (χ2v) is 10.7. The Morgan fingerprint density at radius 1 is 0.659 bits per heavy atom. The van der Waals surface area contributed by atoms with Gasteiger partial charge in [0, 0.05) is 39.6 Å². The van der Waals surface area contributed by atoms with Gasteiger partial charge in [0.2, 0.25) is 0 Å². The Bertz CT molecular complexity index is 2150. The number of nitrogens with two attached hydrogens (primary N) is 2. The van der Waals surface area contributed by atoms with Gasteiger partial charge in [-0.3, -0.25) is 0 Å². The zero-order chi connectivity index (χ0) is 27.3. The molecule has 7 aromatic rings. The highest BCUT2D eigenvalue weighted by molar-refractivity contribution is 6.13. The normalized spacial score (nSPS) is 12.8. The van der Waals surface area contributed by atoms with E-state index >= 15 is 0 Å². The number of hydrogen-bond acceptors (Lipinski definition) is 3. The SMILES string of the molecule is Nc1cc2ccccc2cc1-c1ccccc1Cc1ccc(-c2cccc3oc4ccccc4c23)c2c1[NH2+]CC=N2. The molecule has 0 spiro atoms. The molecule has 8 rings (SSSR count). The first-order valence-corrected chi connectivity index (χ1v) is 14.0. The molecule has 0 saturated heterocycles. The van der Waals surface area contributed by atoms with Crippen LogP contribution in [-0.4, -0.2) is 12.8 Å². The van der Waals surface area contributed by atoms with Crippen molar-refractivity contribution < 1.29 is 9.73 Å². The summed E-state index contributed by atoms with van der Waals surface area (Å²) >= 11 is 0. The molecule has 1 aliphatic rings. The van der Waals surface area contributed by atoms with Crippen molar-refractivity contribution >= 4 is 56.0 Å². The predicted octanol–water partition coefficient (Wildman–Crippen LogP) is 8.16. The average Bonchev–Trinajstić information content (AvgIpc) is 3.40. The lowest BCUT2D eigenvalue weighted by Crippen LogP contribution is -2.79. The number of rotatable bonds is 4. The van der Waals surface area contributed by atoms with Crippen molar-refractivity contribution in [1.82, 2.24) is 0 Å². The molecule has 4 nitrogen and oxygen atoms in total. The van der Waals surface area contributed by atoms with E-state index in [2.05, 4.69) is 102 Å². The molecule has 0 fully saturated rings. The number of para-hydroxylation sites is 1. The third kappa shape index (κ3) is 3.92. The topological polar surface area (TPSA) is 68.1 Å². The summed E-state index contributed by atoms with van der Waals surface area (Å²) in [6.45, 7) is 0.821. The number of anilines is 1. The van der Waals surface area contributed by atoms with E-state index in [-0.39, 0.29) is 0 Å². The Morgan fingerprint density at radius 2 is 1.41 bits per heavy atom. The van der Waals surface area contributed by atoms with Crippen molar-refractivity contribution in [2.45, 2.75) is 6.42 Å². The predicted molar refractivity (Wildman–Crippen MR) is 170 cm³/mol. The molecule has 0 bridgehead atoms. The Hall–Kier alpha value is -5.19. The van der Waals surface area contributed by atoms with Crippen molar-refractivity contribution in [3.05, 3.63) is 126 Å². The van der Waals surface area contributed by atoms with Crippen LogP contribution >= 0.6 is 0 Å². The molecule has 0 unspecified atom stereocenters. The molecular formula is C37H28N3O+. The Labute approximate surface area is 237 Å². The second-order valence-electron chi connectivity index (χ2n) is 10.7. The average molecular weight is 531 g/mol. The number of quaternary nitrogens is 1. The zero-order valence-electron chi connectivity index (χ0n) is 22.5. The summed E-state index contributed by atoms with van der Waals surface area (Å²) in [7, 11) is 0. The highest BCUT2D eigenvalue weighted by Gasteiger charge is 2.23. The standard InChI is InChI=1S/C37H27N3O/c38-32-22-24-9-2-1-8-23(24)21-31(32)27-11-4-3-10-25(27)20-26-16-17-29(37-36(26)39-18-19-40-37)28-13-7-15-34-35(28)30-12-5-6-14-33(30)41-34/h1-17,19,21-22,39H,18,20,38H2/p+1. The molecule has 0 saturated carbocycles. The number of benzene rings is 6. The summed E-state index contributed by atoms with van der Waals surface area (Å²) in [5.74, 6) is 0. The van der Waals surface area contributed by atoms with Crippen molar-refractivity contribution in [2.24, 2.45) is 4.99 Å². The summed E-state index contributed by atoms with van der Waals surface area (Å²) in [4.78, 5) is 4.96. The van der Waals surface area contributed by atoms with Crippen LogP contribution in [0.5, 0.6) is 0 Å². The van der Waals surface area contributed by atoms with Gasteiger partial charge in [0.25, 0.3) is 0 Å².